The van der Waals surface area contributed by atoms with E-state index in [4.69, 9.17) is 0 Å². The molecule has 288 valence electrons. The molecular weight excluding hydrogens is 749 g/mol. The Morgan fingerprint density at radius 3 is 1.39 bits per heavy atom. The molecule has 0 aliphatic carbocycles. The SMILES string of the molecule is c1ccc(-c2c3ccccc3c(-c3ccc(-n4c5cc(-c6ccc7c(c6)c6ccccc6n7-c6ccccc6)ccc5c5ccc6ccccc6c54)cc3)c3ccccc23)cc1. The highest BCUT2D eigenvalue weighted by atomic mass is 15.0. The Hall–Kier alpha value is -8.20. The molecular formula is C60H38N2. The number of hydrogen-bond donors (Lipinski definition) is 0. The highest BCUT2D eigenvalue weighted by molar-refractivity contribution is 6.22. The van der Waals surface area contributed by atoms with Crippen LogP contribution in [0, 0.1) is 0 Å². The molecule has 0 saturated carbocycles. The lowest BCUT2D eigenvalue weighted by Gasteiger charge is -2.18. The Balaban J connectivity index is 1.02. The first kappa shape index (κ1) is 34.6. The zero-order chi connectivity index (χ0) is 40.7. The molecule has 0 amide bonds. The third-order valence-electron chi connectivity index (χ3n) is 13.1. The van der Waals surface area contributed by atoms with Crippen LogP contribution in [0.4, 0.5) is 0 Å². The van der Waals surface area contributed by atoms with Crippen molar-refractivity contribution in [3.8, 4) is 44.8 Å². The van der Waals surface area contributed by atoms with Crippen LogP contribution in [-0.4, -0.2) is 9.13 Å². The van der Waals surface area contributed by atoms with Crippen LogP contribution in [0.1, 0.15) is 0 Å². The molecule has 2 heterocycles. The summed E-state index contributed by atoms with van der Waals surface area (Å²) in [5.41, 5.74) is 14.5. The van der Waals surface area contributed by atoms with Crippen molar-refractivity contribution in [1.82, 2.24) is 9.13 Å². The molecule has 0 aliphatic rings. The number of aromatic nitrogens is 2. The molecule has 0 atom stereocenters. The van der Waals surface area contributed by atoms with Gasteiger partial charge in [0, 0.05) is 38.3 Å². The van der Waals surface area contributed by atoms with Crippen molar-refractivity contribution in [2.24, 2.45) is 0 Å². The van der Waals surface area contributed by atoms with Gasteiger partial charge in [0.05, 0.1) is 22.1 Å². The molecule has 0 bridgehead atoms. The highest BCUT2D eigenvalue weighted by Gasteiger charge is 2.20. The van der Waals surface area contributed by atoms with Gasteiger partial charge in [-0.25, -0.2) is 0 Å². The van der Waals surface area contributed by atoms with Crippen molar-refractivity contribution < 1.29 is 0 Å². The van der Waals surface area contributed by atoms with E-state index in [0.717, 1.165) is 5.69 Å². The monoisotopic (exact) mass is 786 g/mol. The molecule has 0 N–H and O–H groups in total. The van der Waals surface area contributed by atoms with Crippen LogP contribution < -0.4 is 0 Å². The van der Waals surface area contributed by atoms with Gasteiger partial charge in [0.25, 0.3) is 0 Å². The maximum absolute atomic E-state index is 2.49. The highest BCUT2D eigenvalue weighted by Crippen LogP contribution is 2.45. The maximum Gasteiger partial charge on any atom is 0.0619 e. The molecule has 0 aliphatic heterocycles. The molecule has 0 unspecified atom stereocenters. The average molecular weight is 787 g/mol. The van der Waals surface area contributed by atoms with Gasteiger partial charge in [-0.15, -0.1) is 0 Å². The summed E-state index contributed by atoms with van der Waals surface area (Å²) >= 11 is 0. The van der Waals surface area contributed by atoms with Gasteiger partial charge in [0.2, 0.25) is 0 Å². The zero-order valence-corrected chi connectivity index (χ0v) is 33.8. The molecule has 0 fully saturated rings. The lowest BCUT2D eigenvalue weighted by molar-refractivity contribution is 1.18. The van der Waals surface area contributed by atoms with E-state index in [1.165, 1.54) is 115 Å². The Morgan fingerprint density at radius 1 is 0.226 bits per heavy atom. The third kappa shape index (κ3) is 5.17. The molecule has 13 rings (SSSR count). The molecule has 62 heavy (non-hydrogen) atoms. The summed E-state index contributed by atoms with van der Waals surface area (Å²) in [7, 11) is 0. The topological polar surface area (TPSA) is 9.86 Å². The number of nitrogens with zero attached hydrogens (tertiary/aromatic N) is 2. The van der Waals surface area contributed by atoms with Crippen molar-refractivity contribution in [2.45, 2.75) is 0 Å². The van der Waals surface area contributed by atoms with Gasteiger partial charge in [-0.1, -0.05) is 182 Å². The molecule has 2 heteroatoms. The summed E-state index contributed by atoms with van der Waals surface area (Å²) in [4.78, 5) is 0. The molecule has 2 aromatic heterocycles. The Kier molecular flexibility index (Phi) is 7.64. The molecule has 2 nitrogen and oxygen atoms in total. The van der Waals surface area contributed by atoms with E-state index in [1.54, 1.807) is 0 Å². The number of para-hydroxylation sites is 2. The summed E-state index contributed by atoms with van der Waals surface area (Å²) < 4.78 is 4.88. The lowest BCUT2D eigenvalue weighted by Crippen LogP contribution is -1.96. The van der Waals surface area contributed by atoms with E-state index in [2.05, 4.69) is 240 Å². The Labute approximate surface area is 358 Å². The minimum absolute atomic E-state index is 1.14. The molecule has 0 radical (unpaired) electrons. The van der Waals surface area contributed by atoms with Crippen molar-refractivity contribution in [3.63, 3.8) is 0 Å². The molecule has 11 aromatic carbocycles. The van der Waals surface area contributed by atoms with E-state index in [1.807, 2.05) is 0 Å². The Bertz CT molecular complexity index is 3830. The summed E-state index contributed by atoms with van der Waals surface area (Å²) in [6, 6.07) is 84.7. The minimum atomic E-state index is 1.14. The van der Waals surface area contributed by atoms with Crippen LogP contribution in [0.2, 0.25) is 0 Å². The predicted molar refractivity (Wildman–Crippen MR) is 264 cm³/mol. The second kappa shape index (κ2) is 13.7. The van der Waals surface area contributed by atoms with Gasteiger partial charge in [0.1, 0.15) is 0 Å². The molecule has 0 spiro atoms. The van der Waals surface area contributed by atoms with Crippen molar-refractivity contribution >= 4 is 75.9 Å². The second-order valence-corrected chi connectivity index (χ2v) is 16.4. The number of fused-ring (bicyclic) bond motifs is 10. The summed E-state index contributed by atoms with van der Waals surface area (Å²) in [6.07, 6.45) is 0. The van der Waals surface area contributed by atoms with Crippen LogP contribution in [0.25, 0.3) is 121 Å². The quantitative estimate of drug-likeness (QED) is 0.154. The van der Waals surface area contributed by atoms with Gasteiger partial charge < -0.3 is 9.13 Å². The summed E-state index contributed by atoms with van der Waals surface area (Å²) in [5, 5.41) is 12.5. The molecule has 0 saturated heterocycles. The Morgan fingerprint density at radius 2 is 0.694 bits per heavy atom. The fourth-order valence-electron chi connectivity index (χ4n) is 10.4. The van der Waals surface area contributed by atoms with E-state index >= 15 is 0 Å². The number of rotatable bonds is 5. The summed E-state index contributed by atoms with van der Waals surface area (Å²) in [6.45, 7) is 0. The maximum atomic E-state index is 2.49. The number of hydrogen-bond acceptors (Lipinski definition) is 0. The summed E-state index contributed by atoms with van der Waals surface area (Å²) in [5.74, 6) is 0. The van der Waals surface area contributed by atoms with Gasteiger partial charge in [0.15, 0.2) is 0 Å². The van der Waals surface area contributed by atoms with E-state index < -0.39 is 0 Å². The van der Waals surface area contributed by atoms with E-state index in [0.29, 0.717) is 0 Å². The van der Waals surface area contributed by atoms with Gasteiger partial charge in [-0.2, -0.15) is 0 Å². The first-order chi connectivity index (χ1) is 30.8. The van der Waals surface area contributed by atoms with Gasteiger partial charge in [-0.05, 0) is 109 Å². The van der Waals surface area contributed by atoms with Crippen molar-refractivity contribution in [3.05, 3.63) is 231 Å². The van der Waals surface area contributed by atoms with Gasteiger partial charge in [-0.3, -0.25) is 0 Å². The van der Waals surface area contributed by atoms with Crippen LogP contribution in [0.5, 0.6) is 0 Å². The lowest BCUT2D eigenvalue weighted by atomic mass is 9.86. The predicted octanol–water partition coefficient (Wildman–Crippen LogP) is 16.3. The van der Waals surface area contributed by atoms with Crippen molar-refractivity contribution in [1.29, 1.82) is 0 Å². The minimum Gasteiger partial charge on any atom is -0.309 e. The van der Waals surface area contributed by atoms with E-state index in [9.17, 15) is 0 Å². The van der Waals surface area contributed by atoms with E-state index in [-0.39, 0.29) is 0 Å². The smallest absolute Gasteiger partial charge is 0.0619 e. The average Bonchev–Trinajstić information content (AvgIpc) is 3.86. The fourth-order valence-corrected chi connectivity index (χ4v) is 10.4. The zero-order valence-electron chi connectivity index (χ0n) is 33.8. The first-order valence-corrected chi connectivity index (χ1v) is 21.4. The second-order valence-electron chi connectivity index (χ2n) is 16.4. The van der Waals surface area contributed by atoms with Crippen molar-refractivity contribution in [2.75, 3.05) is 0 Å². The normalized spacial score (nSPS) is 11.9. The van der Waals surface area contributed by atoms with Crippen LogP contribution in [-0.2, 0) is 0 Å². The van der Waals surface area contributed by atoms with Crippen LogP contribution >= 0.6 is 0 Å². The van der Waals surface area contributed by atoms with Crippen LogP contribution in [0.3, 0.4) is 0 Å². The van der Waals surface area contributed by atoms with Crippen LogP contribution in [0.15, 0.2) is 231 Å². The fraction of sp³-hybridized carbons (Fsp3) is 0. The standard InChI is InChI=1S/C60H38N2/c1-3-16-40(17-4-1)58-49-22-9-11-24-51(49)59(52-25-12-10-23-50(52)58)41-27-32-45(33-28-41)62-57-38-43(30-34-48(57)53-35-29-39-15-7-8-20-46(39)60(53)62)42-31-36-56-54(37-42)47-21-13-14-26-55(47)61(56)44-18-5-2-6-19-44/h1-38H. The molecule has 13 aromatic rings. The first-order valence-electron chi connectivity index (χ1n) is 21.4. The number of benzene rings is 11. The third-order valence-corrected chi connectivity index (χ3v) is 13.1. The van der Waals surface area contributed by atoms with Gasteiger partial charge >= 0.3 is 0 Å². The largest absolute Gasteiger partial charge is 0.309 e.